The number of para-hydroxylation sites is 1. The van der Waals surface area contributed by atoms with Gasteiger partial charge in [-0.3, -0.25) is 9.69 Å². The summed E-state index contributed by atoms with van der Waals surface area (Å²) >= 11 is 0. The smallest absolute Gasteiger partial charge is 0.223 e. The second kappa shape index (κ2) is 10.8. The zero-order valence-electron chi connectivity index (χ0n) is 18.7. The molecule has 1 N–H and O–H groups in total. The Morgan fingerprint density at radius 2 is 1.97 bits per heavy atom. The summed E-state index contributed by atoms with van der Waals surface area (Å²) in [7, 11) is 0. The summed E-state index contributed by atoms with van der Waals surface area (Å²) in [5.74, 6) is 3.43. The summed E-state index contributed by atoms with van der Waals surface area (Å²) in [6.07, 6.45) is 7.33. The molecule has 2 heterocycles. The van der Waals surface area contributed by atoms with Gasteiger partial charge in [0.25, 0.3) is 0 Å². The quantitative estimate of drug-likeness (QED) is 0.704. The summed E-state index contributed by atoms with van der Waals surface area (Å²) < 4.78 is 8.05. The van der Waals surface area contributed by atoms with Crippen LogP contribution >= 0.6 is 0 Å². The monoisotopic (exact) mass is 425 g/mol. The molecule has 168 valence electrons. The van der Waals surface area contributed by atoms with Crippen molar-refractivity contribution in [2.45, 2.75) is 65.0 Å². The minimum absolute atomic E-state index is 0.206. The van der Waals surface area contributed by atoms with E-state index in [1.165, 1.54) is 24.8 Å². The minimum atomic E-state index is 0.206. The largest absolute Gasteiger partial charge is 0.494 e. The molecule has 7 heteroatoms. The maximum atomic E-state index is 12.4. The van der Waals surface area contributed by atoms with Crippen LogP contribution in [0.15, 0.2) is 24.3 Å². The zero-order chi connectivity index (χ0) is 21.5. The Bertz CT molecular complexity index is 859. The molecule has 1 aliphatic heterocycles. The first kappa shape index (κ1) is 21.8. The Labute approximate surface area is 185 Å². The fourth-order valence-corrected chi connectivity index (χ4v) is 4.75. The number of aromatic nitrogens is 3. The van der Waals surface area contributed by atoms with Crippen molar-refractivity contribution in [1.82, 2.24) is 25.0 Å². The summed E-state index contributed by atoms with van der Waals surface area (Å²) in [5, 5.41) is 12.0. The molecule has 1 aliphatic carbocycles. The highest BCUT2D eigenvalue weighted by Crippen LogP contribution is 2.24. The molecule has 0 saturated heterocycles. The highest BCUT2D eigenvalue weighted by Gasteiger charge is 2.22. The van der Waals surface area contributed by atoms with Crippen molar-refractivity contribution in [2.75, 3.05) is 26.2 Å². The van der Waals surface area contributed by atoms with E-state index in [4.69, 9.17) is 4.74 Å². The van der Waals surface area contributed by atoms with Crippen LogP contribution in [-0.4, -0.2) is 51.8 Å². The van der Waals surface area contributed by atoms with Gasteiger partial charge < -0.3 is 14.6 Å². The van der Waals surface area contributed by atoms with Crippen molar-refractivity contribution in [1.29, 1.82) is 0 Å². The summed E-state index contributed by atoms with van der Waals surface area (Å²) in [6, 6.07) is 8.30. The lowest BCUT2D eigenvalue weighted by Crippen LogP contribution is -2.33. The van der Waals surface area contributed by atoms with Gasteiger partial charge in [0, 0.05) is 57.0 Å². The molecule has 1 fully saturated rings. The van der Waals surface area contributed by atoms with Gasteiger partial charge in [-0.1, -0.05) is 37.5 Å². The number of hydrogen-bond donors (Lipinski definition) is 1. The highest BCUT2D eigenvalue weighted by atomic mass is 16.5. The van der Waals surface area contributed by atoms with E-state index in [2.05, 4.69) is 37.1 Å². The number of benzene rings is 1. The van der Waals surface area contributed by atoms with E-state index in [9.17, 15) is 4.79 Å². The first-order valence-electron chi connectivity index (χ1n) is 11.9. The lowest BCUT2D eigenvalue weighted by molar-refractivity contribution is -0.125. The molecule has 0 atom stereocenters. The topological polar surface area (TPSA) is 72.3 Å². The number of amides is 1. The lowest BCUT2D eigenvalue weighted by atomic mass is 9.89. The normalized spacial score (nSPS) is 17.7. The predicted molar refractivity (Wildman–Crippen MR) is 120 cm³/mol. The molecule has 7 nitrogen and oxygen atoms in total. The molecule has 2 aromatic rings. The molecule has 0 spiro atoms. The van der Waals surface area contributed by atoms with Gasteiger partial charge in [0.15, 0.2) is 0 Å². The van der Waals surface area contributed by atoms with Crippen LogP contribution in [0, 0.1) is 5.92 Å². The predicted octanol–water partition coefficient (Wildman–Crippen LogP) is 2.97. The van der Waals surface area contributed by atoms with E-state index in [1.54, 1.807) is 0 Å². The summed E-state index contributed by atoms with van der Waals surface area (Å²) in [4.78, 5) is 14.8. The summed E-state index contributed by atoms with van der Waals surface area (Å²) in [6.45, 7) is 7.00. The van der Waals surface area contributed by atoms with E-state index in [0.717, 1.165) is 69.3 Å². The third-order valence-corrected chi connectivity index (χ3v) is 6.49. The molecule has 0 unspecified atom stereocenters. The van der Waals surface area contributed by atoms with Crippen LogP contribution in [0.25, 0.3) is 0 Å². The number of carbonyl (C=O) groups is 1. The van der Waals surface area contributed by atoms with E-state index >= 15 is 0 Å². The SMILES string of the molecule is CCOc1ccccc1CN1CCc2nnc(CCNC(=O)C3CCCCC3)n2CC1. The van der Waals surface area contributed by atoms with Crippen LogP contribution in [0.4, 0.5) is 0 Å². The van der Waals surface area contributed by atoms with Crippen LogP contribution < -0.4 is 10.1 Å². The molecule has 31 heavy (non-hydrogen) atoms. The molecule has 4 rings (SSSR count). The van der Waals surface area contributed by atoms with Crippen LogP contribution in [0.5, 0.6) is 5.75 Å². The molecular weight excluding hydrogens is 390 g/mol. The van der Waals surface area contributed by atoms with Crippen molar-refractivity contribution < 1.29 is 9.53 Å². The average molecular weight is 426 g/mol. The first-order valence-corrected chi connectivity index (χ1v) is 11.9. The Morgan fingerprint density at radius 3 is 2.81 bits per heavy atom. The van der Waals surface area contributed by atoms with Crippen molar-refractivity contribution in [2.24, 2.45) is 5.92 Å². The summed E-state index contributed by atoms with van der Waals surface area (Å²) in [5.41, 5.74) is 1.23. The van der Waals surface area contributed by atoms with Gasteiger partial charge in [-0.05, 0) is 25.8 Å². The third kappa shape index (κ3) is 5.64. The van der Waals surface area contributed by atoms with E-state index in [1.807, 2.05) is 19.1 Å². The number of nitrogens with one attached hydrogen (secondary N) is 1. The molecule has 1 saturated carbocycles. The fourth-order valence-electron chi connectivity index (χ4n) is 4.75. The Morgan fingerprint density at radius 1 is 1.13 bits per heavy atom. The zero-order valence-corrected chi connectivity index (χ0v) is 18.7. The molecule has 0 bridgehead atoms. The number of nitrogens with zero attached hydrogens (tertiary/aromatic N) is 4. The Hall–Kier alpha value is -2.41. The maximum Gasteiger partial charge on any atom is 0.223 e. The second-order valence-corrected chi connectivity index (χ2v) is 8.63. The van der Waals surface area contributed by atoms with Crippen LogP contribution in [0.2, 0.25) is 0 Å². The van der Waals surface area contributed by atoms with Gasteiger partial charge >= 0.3 is 0 Å². The minimum Gasteiger partial charge on any atom is -0.494 e. The van der Waals surface area contributed by atoms with Crippen molar-refractivity contribution in [3.63, 3.8) is 0 Å². The van der Waals surface area contributed by atoms with Gasteiger partial charge in [0.05, 0.1) is 6.61 Å². The maximum absolute atomic E-state index is 12.4. The number of fused-ring (bicyclic) bond motifs is 1. The van der Waals surface area contributed by atoms with Gasteiger partial charge in [0.1, 0.15) is 17.4 Å². The fraction of sp³-hybridized carbons (Fsp3) is 0.625. The highest BCUT2D eigenvalue weighted by molar-refractivity contribution is 5.78. The van der Waals surface area contributed by atoms with Crippen LogP contribution in [0.3, 0.4) is 0 Å². The first-order chi connectivity index (χ1) is 15.2. The standard InChI is InChI=1S/C24H35N5O2/c1-2-31-21-11-7-6-10-20(21)18-28-15-13-23-27-26-22(29(23)17-16-28)12-14-25-24(30)19-8-4-3-5-9-19/h6-7,10-11,19H,2-5,8-9,12-18H2,1H3,(H,25,30). The van der Waals surface area contributed by atoms with Gasteiger partial charge in [0.2, 0.25) is 5.91 Å². The van der Waals surface area contributed by atoms with Crippen LogP contribution in [0.1, 0.15) is 56.2 Å². The second-order valence-electron chi connectivity index (χ2n) is 8.63. The van der Waals surface area contributed by atoms with E-state index in [0.29, 0.717) is 13.2 Å². The molecule has 1 aromatic heterocycles. The number of hydrogen-bond acceptors (Lipinski definition) is 5. The van der Waals surface area contributed by atoms with Crippen molar-refractivity contribution in [3.8, 4) is 5.75 Å². The van der Waals surface area contributed by atoms with Gasteiger partial charge in [-0.15, -0.1) is 10.2 Å². The Kier molecular flexibility index (Phi) is 7.57. The Balaban J connectivity index is 1.30. The van der Waals surface area contributed by atoms with E-state index in [-0.39, 0.29) is 11.8 Å². The number of ether oxygens (including phenoxy) is 1. The van der Waals surface area contributed by atoms with Crippen molar-refractivity contribution in [3.05, 3.63) is 41.5 Å². The molecule has 2 aliphatic rings. The van der Waals surface area contributed by atoms with Crippen LogP contribution in [-0.2, 0) is 30.7 Å². The number of carbonyl (C=O) groups excluding carboxylic acids is 1. The average Bonchev–Trinajstić information content (AvgIpc) is 3.07. The third-order valence-electron chi connectivity index (χ3n) is 6.49. The van der Waals surface area contributed by atoms with Gasteiger partial charge in [-0.25, -0.2) is 0 Å². The molecule has 0 radical (unpaired) electrons. The molecule has 1 aromatic carbocycles. The van der Waals surface area contributed by atoms with E-state index < -0.39 is 0 Å². The van der Waals surface area contributed by atoms with Gasteiger partial charge in [-0.2, -0.15) is 0 Å². The number of rotatable bonds is 8. The molecular formula is C24H35N5O2. The van der Waals surface area contributed by atoms with Crippen molar-refractivity contribution >= 4 is 5.91 Å². The molecule has 1 amide bonds. The lowest BCUT2D eigenvalue weighted by Gasteiger charge is -2.21.